The molecular formula is C18H11Cl2F3N8O. The number of halogens is 5. The fourth-order valence-electron chi connectivity index (χ4n) is 2.81. The highest BCUT2D eigenvalue weighted by molar-refractivity contribution is 6.37. The van der Waals surface area contributed by atoms with Crippen molar-refractivity contribution in [3.63, 3.8) is 0 Å². The van der Waals surface area contributed by atoms with Gasteiger partial charge in [-0.1, -0.05) is 34.5 Å². The van der Waals surface area contributed by atoms with Crippen LogP contribution >= 0.6 is 23.2 Å². The summed E-state index contributed by atoms with van der Waals surface area (Å²) < 4.78 is 41.0. The van der Waals surface area contributed by atoms with Gasteiger partial charge in [-0.3, -0.25) is 4.79 Å². The van der Waals surface area contributed by atoms with Crippen molar-refractivity contribution in [1.29, 1.82) is 0 Å². The van der Waals surface area contributed by atoms with E-state index < -0.39 is 17.8 Å². The maximum atomic E-state index is 13.0. The lowest BCUT2D eigenvalue weighted by atomic mass is 10.3. The molecule has 4 rings (SSSR count). The predicted octanol–water partition coefficient (Wildman–Crippen LogP) is 4.02. The molecule has 0 atom stereocenters. The first-order chi connectivity index (χ1) is 15.1. The van der Waals surface area contributed by atoms with Crippen LogP contribution < -0.4 is 11.1 Å². The van der Waals surface area contributed by atoms with Gasteiger partial charge in [0, 0.05) is 0 Å². The van der Waals surface area contributed by atoms with E-state index >= 15 is 0 Å². The number of alkyl halides is 3. The number of carbonyl (C=O) groups is 1. The Balaban J connectivity index is 1.66. The molecule has 0 unspecified atom stereocenters. The van der Waals surface area contributed by atoms with Crippen LogP contribution in [-0.4, -0.2) is 35.7 Å². The van der Waals surface area contributed by atoms with Gasteiger partial charge >= 0.3 is 6.18 Å². The maximum Gasteiger partial charge on any atom is 0.435 e. The number of amides is 1. The fourth-order valence-corrected chi connectivity index (χ4v) is 3.38. The van der Waals surface area contributed by atoms with E-state index in [4.69, 9.17) is 28.9 Å². The van der Waals surface area contributed by atoms with Gasteiger partial charge in [0.2, 0.25) is 0 Å². The van der Waals surface area contributed by atoms with Gasteiger partial charge < -0.3 is 11.1 Å². The Bertz CT molecular complexity index is 1280. The standard InChI is InChI=1S/C18H11Cl2F3N8O/c19-10-2-1-3-11(20)16(10)30-8-12(15(28-30)17(24)32)27-9-4-5-14(25-6-9)31-13(7-26-29-31)18(21,22)23/h1-8,27H,(H2,24,32). The van der Waals surface area contributed by atoms with Crippen molar-refractivity contribution >= 4 is 40.5 Å². The van der Waals surface area contributed by atoms with Gasteiger partial charge in [0.25, 0.3) is 5.91 Å². The third-order valence-electron chi connectivity index (χ3n) is 4.20. The van der Waals surface area contributed by atoms with Crippen molar-refractivity contribution in [3.8, 4) is 11.5 Å². The third-order valence-corrected chi connectivity index (χ3v) is 4.81. The van der Waals surface area contributed by atoms with Crippen LogP contribution in [0.5, 0.6) is 0 Å². The summed E-state index contributed by atoms with van der Waals surface area (Å²) in [4.78, 5) is 15.8. The van der Waals surface area contributed by atoms with Crippen LogP contribution in [0.4, 0.5) is 24.5 Å². The van der Waals surface area contributed by atoms with Crippen LogP contribution in [0.1, 0.15) is 16.2 Å². The van der Waals surface area contributed by atoms with Crippen LogP contribution in [0, 0.1) is 0 Å². The summed E-state index contributed by atoms with van der Waals surface area (Å²) in [5, 5.41) is 14.3. The molecule has 3 aromatic heterocycles. The zero-order valence-corrected chi connectivity index (χ0v) is 17.2. The molecule has 4 aromatic rings. The SMILES string of the molecule is NC(=O)c1nn(-c2c(Cl)cccc2Cl)cc1Nc1ccc(-n2nncc2C(F)(F)F)nc1. The largest absolute Gasteiger partial charge is 0.435 e. The average molecular weight is 483 g/mol. The smallest absolute Gasteiger partial charge is 0.364 e. The van der Waals surface area contributed by atoms with Gasteiger partial charge in [0.15, 0.2) is 17.2 Å². The molecule has 164 valence electrons. The van der Waals surface area contributed by atoms with Crippen LogP contribution in [-0.2, 0) is 6.18 Å². The number of pyridine rings is 1. The van der Waals surface area contributed by atoms with Crippen LogP contribution in [0.2, 0.25) is 10.0 Å². The van der Waals surface area contributed by atoms with Gasteiger partial charge in [0.05, 0.1) is 40.0 Å². The van der Waals surface area contributed by atoms with Crippen molar-refractivity contribution < 1.29 is 18.0 Å². The second kappa shape index (κ2) is 8.13. The normalized spacial score (nSPS) is 11.5. The van der Waals surface area contributed by atoms with E-state index in [-0.39, 0.29) is 17.2 Å². The number of benzene rings is 1. The maximum absolute atomic E-state index is 13.0. The number of hydrogen-bond donors (Lipinski definition) is 2. The van der Waals surface area contributed by atoms with Gasteiger partial charge in [-0.15, -0.1) is 5.10 Å². The summed E-state index contributed by atoms with van der Waals surface area (Å²) >= 11 is 12.4. The summed E-state index contributed by atoms with van der Waals surface area (Å²) in [5.74, 6) is -0.925. The lowest BCUT2D eigenvalue weighted by Crippen LogP contribution is -2.14. The zero-order valence-electron chi connectivity index (χ0n) is 15.7. The Morgan fingerprint density at radius 2 is 1.81 bits per heavy atom. The van der Waals surface area contributed by atoms with Crippen molar-refractivity contribution in [3.05, 3.63) is 70.4 Å². The van der Waals surface area contributed by atoms with E-state index in [2.05, 4.69) is 25.7 Å². The second-order valence-corrected chi connectivity index (χ2v) is 7.14. The fraction of sp³-hybridized carbons (Fsp3) is 0.0556. The molecule has 0 spiro atoms. The molecule has 1 amide bonds. The van der Waals surface area contributed by atoms with E-state index in [0.29, 0.717) is 32.3 Å². The van der Waals surface area contributed by atoms with Crippen molar-refractivity contribution in [2.75, 3.05) is 5.32 Å². The molecule has 3 N–H and O–H groups in total. The minimum Gasteiger partial charge on any atom is -0.364 e. The Morgan fingerprint density at radius 1 is 1.09 bits per heavy atom. The molecule has 0 aliphatic carbocycles. The highest BCUT2D eigenvalue weighted by Gasteiger charge is 2.36. The van der Waals surface area contributed by atoms with E-state index in [1.165, 1.54) is 29.2 Å². The highest BCUT2D eigenvalue weighted by Crippen LogP contribution is 2.31. The molecule has 0 bridgehead atoms. The van der Waals surface area contributed by atoms with Gasteiger partial charge in [-0.05, 0) is 24.3 Å². The Kier molecular flexibility index (Phi) is 5.48. The quantitative estimate of drug-likeness (QED) is 0.443. The van der Waals surface area contributed by atoms with E-state index in [9.17, 15) is 18.0 Å². The first-order valence-corrected chi connectivity index (χ1v) is 9.46. The molecule has 14 heteroatoms. The van der Waals surface area contributed by atoms with Crippen LogP contribution in [0.25, 0.3) is 11.5 Å². The number of rotatable bonds is 5. The topological polar surface area (TPSA) is 117 Å². The summed E-state index contributed by atoms with van der Waals surface area (Å²) in [6.45, 7) is 0. The first-order valence-electron chi connectivity index (χ1n) is 8.70. The molecule has 1 aromatic carbocycles. The summed E-state index contributed by atoms with van der Waals surface area (Å²) in [6, 6.07) is 7.59. The number of nitrogens with one attached hydrogen (secondary N) is 1. The van der Waals surface area contributed by atoms with Gasteiger partial charge in [-0.25, -0.2) is 9.67 Å². The van der Waals surface area contributed by atoms with Crippen LogP contribution in [0.15, 0.2) is 48.9 Å². The zero-order chi connectivity index (χ0) is 23.0. The van der Waals surface area contributed by atoms with E-state index in [1.54, 1.807) is 18.2 Å². The summed E-state index contributed by atoms with van der Waals surface area (Å²) in [7, 11) is 0. The molecule has 0 saturated heterocycles. The van der Waals surface area contributed by atoms with Crippen molar-refractivity contribution in [2.45, 2.75) is 6.18 Å². The Morgan fingerprint density at radius 3 is 2.41 bits per heavy atom. The molecule has 0 aliphatic rings. The second-order valence-electron chi connectivity index (χ2n) is 6.33. The molecule has 0 aliphatic heterocycles. The first kappa shape index (κ1) is 21.6. The van der Waals surface area contributed by atoms with Gasteiger partial charge in [0.1, 0.15) is 5.69 Å². The Labute approximate surface area is 187 Å². The number of nitrogens with zero attached hydrogens (tertiary/aromatic N) is 6. The number of hydrogen-bond acceptors (Lipinski definition) is 6. The summed E-state index contributed by atoms with van der Waals surface area (Å²) in [5.41, 5.74) is 5.13. The Hall–Kier alpha value is -3.64. The van der Waals surface area contributed by atoms with Gasteiger partial charge in [-0.2, -0.15) is 23.0 Å². The number of primary amides is 1. The average Bonchev–Trinajstić information content (AvgIpc) is 3.36. The number of nitrogens with two attached hydrogens (primary N) is 1. The third kappa shape index (κ3) is 4.09. The lowest BCUT2D eigenvalue weighted by molar-refractivity contribution is -0.142. The molecule has 0 radical (unpaired) electrons. The minimum absolute atomic E-state index is 0.103. The minimum atomic E-state index is -4.65. The van der Waals surface area contributed by atoms with E-state index in [0.717, 1.165) is 0 Å². The monoisotopic (exact) mass is 482 g/mol. The number of carbonyl (C=O) groups excluding carboxylic acids is 1. The number of aromatic nitrogens is 6. The molecule has 0 saturated carbocycles. The summed E-state index contributed by atoms with van der Waals surface area (Å²) in [6.07, 6.45) is -1.35. The molecule has 3 heterocycles. The predicted molar refractivity (Wildman–Crippen MR) is 110 cm³/mol. The molecule has 9 nitrogen and oxygen atoms in total. The number of para-hydroxylation sites is 1. The molecule has 32 heavy (non-hydrogen) atoms. The molecular weight excluding hydrogens is 472 g/mol. The van der Waals surface area contributed by atoms with Crippen molar-refractivity contribution in [1.82, 2.24) is 29.8 Å². The van der Waals surface area contributed by atoms with E-state index in [1.807, 2.05) is 0 Å². The highest BCUT2D eigenvalue weighted by atomic mass is 35.5. The number of anilines is 2. The lowest BCUT2D eigenvalue weighted by Gasteiger charge is -2.09. The van der Waals surface area contributed by atoms with Crippen LogP contribution in [0.3, 0.4) is 0 Å². The van der Waals surface area contributed by atoms with Crippen molar-refractivity contribution in [2.24, 2.45) is 5.73 Å². The molecule has 0 fully saturated rings.